The second-order valence-corrected chi connectivity index (χ2v) is 10.2. The average molecular weight is 980 g/mol. The molecule has 0 aromatic carbocycles. The van der Waals surface area contributed by atoms with Gasteiger partial charge in [-0.15, -0.1) is 40.5 Å². The van der Waals surface area contributed by atoms with Gasteiger partial charge in [0.15, 0.2) is 0 Å². The summed E-state index contributed by atoms with van der Waals surface area (Å²) in [6.07, 6.45) is 4.28. The Morgan fingerprint density at radius 2 is 1.00 bits per heavy atom. The van der Waals surface area contributed by atoms with Gasteiger partial charge in [-0.05, 0) is 56.9 Å². The summed E-state index contributed by atoms with van der Waals surface area (Å²) >= 11 is 0. The molecular formula is C25H55N9O20Y2-2. The van der Waals surface area contributed by atoms with Crippen molar-refractivity contribution in [2.75, 3.05) is 33.0 Å². The molecule has 4 atom stereocenters. The van der Waals surface area contributed by atoms with Crippen LogP contribution in [0.5, 0.6) is 0 Å². The van der Waals surface area contributed by atoms with Crippen LogP contribution in [0.25, 0.3) is 11.5 Å². The van der Waals surface area contributed by atoms with E-state index in [4.69, 9.17) is 69.5 Å². The molecule has 0 aromatic heterocycles. The smallest absolute Gasteiger partial charge is 0.294 e. The number of rotatable bonds is 23. The first-order chi connectivity index (χ1) is 25.1. The molecule has 29 nitrogen and oxygen atoms in total. The van der Waals surface area contributed by atoms with E-state index in [1.54, 1.807) is 13.8 Å². The molecule has 0 aliphatic heterocycles. The molecule has 56 heavy (non-hydrogen) atoms. The normalized spacial score (nSPS) is 11.1. The van der Waals surface area contributed by atoms with Crippen LogP contribution in [0, 0.1) is 57.7 Å². The average Bonchev–Trinajstić information content (AvgIpc) is 3.06. The molecule has 0 spiro atoms. The van der Waals surface area contributed by atoms with E-state index in [9.17, 15) is 29.8 Å². The van der Waals surface area contributed by atoms with Crippen LogP contribution >= 0.6 is 0 Å². The number of hydrogen-bond donors (Lipinski definition) is 7. The van der Waals surface area contributed by atoms with E-state index in [1.165, 1.54) is 0 Å². The zero-order valence-corrected chi connectivity index (χ0v) is 37.3. The van der Waals surface area contributed by atoms with Crippen molar-refractivity contribution in [1.82, 2.24) is 0 Å². The predicted molar refractivity (Wildman–Crippen MR) is 182 cm³/mol. The summed E-state index contributed by atoms with van der Waals surface area (Å²) in [5.41, 5.74) is 23.6. The maximum Gasteiger partial charge on any atom is 0.294 e. The van der Waals surface area contributed by atoms with E-state index in [-0.39, 0.29) is 90.4 Å². The van der Waals surface area contributed by atoms with Crippen LogP contribution in [0.3, 0.4) is 0 Å². The van der Waals surface area contributed by atoms with E-state index in [2.05, 4.69) is 28.9 Å². The fourth-order valence-corrected chi connectivity index (χ4v) is 2.78. The summed E-state index contributed by atoms with van der Waals surface area (Å²) in [6.45, 7) is 8.30. The van der Waals surface area contributed by atoms with Crippen LogP contribution in [0.4, 0.5) is 9.59 Å². The third kappa shape index (κ3) is 93.0. The Kier molecular flexibility index (Phi) is 68.0. The molecule has 2 amide bonds. The van der Waals surface area contributed by atoms with E-state index in [1.807, 2.05) is 13.8 Å². The molecule has 0 aliphatic rings. The van der Waals surface area contributed by atoms with Crippen molar-refractivity contribution in [2.24, 2.45) is 23.3 Å². The van der Waals surface area contributed by atoms with Gasteiger partial charge in [0.2, 0.25) is 12.2 Å². The van der Waals surface area contributed by atoms with Crippen LogP contribution < -0.4 is 11.5 Å². The molecule has 0 fully saturated rings. The standard InChI is InChI=1S/C9H19N3O2.C8H18N2O2.2C4H9NO5.2HNO3.2Y/c1-7(6-14-9(12)13)4-2-3-5-8(10)11;1-7(4-2-3-5-9)6-12-8(10)11;2*1-2-4(10-8)3-9-5(6)7;2*2-1(3)4;;/h7H,2-6H2,1H3,(H5,10,11,12,13);7H,2-6,9H2,1H3,(H2,10,11);2*4,8H,2-3H2,1H3;2*(H,2,3,4);;/p-2. The zero-order valence-electron chi connectivity index (χ0n) is 31.6. The minimum Gasteiger partial charge on any atom is -0.632 e. The number of carbonyl (C=O) groups is 2. The van der Waals surface area contributed by atoms with E-state index in [0.29, 0.717) is 44.9 Å². The van der Waals surface area contributed by atoms with Crippen molar-refractivity contribution in [3.05, 3.63) is 51.9 Å². The van der Waals surface area contributed by atoms with Gasteiger partial charge >= 0.3 is 0 Å². The van der Waals surface area contributed by atoms with Gasteiger partial charge in [-0.25, -0.2) is 9.78 Å². The maximum absolute atomic E-state index is 10.2. The second kappa shape index (κ2) is 53.9. The molecule has 0 heterocycles. The number of nitrogens with two attached hydrogens (primary N) is 2. The van der Waals surface area contributed by atoms with Gasteiger partial charge in [0, 0.05) is 71.8 Å². The number of nitrogens with zero attached hydrogens (tertiary/aromatic N) is 4. The van der Waals surface area contributed by atoms with Crippen LogP contribution in [-0.4, -0.2) is 104 Å². The van der Waals surface area contributed by atoms with Crippen LogP contribution in [0.1, 0.15) is 85.5 Å². The Bertz CT molecular complexity index is 929. The summed E-state index contributed by atoms with van der Waals surface area (Å²) in [7, 11) is 0. The van der Waals surface area contributed by atoms with E-state index < -0.39 is 44.7 Å². The quantitative estimate of drug-likeness (QED) is 0.0185. The summed E-state index contributed by atoms with van der Waals surface area (Å²) < 4.78 is 9.07. The first-order valence-electron chi connectivity index (χ1n) is 15.7. The van der Waals surface area contributed by atoms with Crippen LogP contribution in [0.15, 0.2) is 0 Å². The van der Waals surface area contributed by atoms with Gasteiger partial charge in [-0.3, -0.25) is 25.5 Å². The summed E-state index contributed by atoms with van der Waals surface area (Å²) in [4.78, 5) is 71.6. The molecular weight excluding hydrogens is 924 g/mol. The molecule has 0 aromatic rings. The number of amides is 2. The van der Waals surface area contributed by atoms with Crippen LogP contribution in [0.2, 0.25) is 0 Å². The Balaban J connectivity index is -0.0000000853. The minimum atomic E-state index is -1.50. The number of ether oxygens (including phenoxy) is 2. The largest absolute Gasteiger partial charge is 0.632 e. The number of unbranched alkanes of at least 4 members (excludes halogenated alkanes) is 2. The fraction of sp³-hybridized carbons (Fsp3) is 0.880. The van der Waals surface area contributed by atoms with Crippen molar-refractivity contribution in [3.63, 3.8) is 0 Å². The molecule has 328 valence electrons. The van der Waals surface area contributed by atoms with Crippen LogP contribution in [-0.2, 0) is 94.3 Å². The van der Waals surface area contributed by atoms with Gasteiger partial charge in [-0.1, -0.05) is 40.5 Å². The number of nitrogens with one attached hydrogen (secondary N) is 3. The molecule has 31 heteroatoms. The topological polar surface area (TPSA) is 466 Å². The van der Waals surface area contributed by atoms with Crippen molar-refractivity contribution >= 4 is 18.0 Å². The molecule has 4 unspecified atom stereocenters. The molecule has 0 saturated heterocycles. The Morgan fingerprint density at radius 1 is 0.696 bits per heavy atom. The van der Waals surface area contributed by atoms with Gasteiger partial charge in [0.1, 0.15) is 25.4 Å². The third-order valence-corrected chi connectivity index (χ3v) is 5.48. The van der Waals surface area contributed by atoms with E-state index >= 15 is 0 Å². The Hall–Kier alpha value is -3.18. The predicted octanol–water partition coefficient (Wildman–Crippen LogP) is 4.47. The number of hydrogen-bond acceptors (Lipinski definition) is 20. The first kappa shape index (κ1) is 70.6. The number of amidine groups is 1. The van der Waals surface area contributed by atoms with Crippen molar-refractivity contribution in [1.29, 1.82) is 5.41 Å². The minimum absolute atomic E-state index is 0. The summed E-state index contributed by atoms with van der Waals surface area (Å²) in [6, 6.07) is 0. The van der Waals surface area contributed by atoms with Crippen molar-refractivity contribution in [2.45, 2.75) is 97.7 Å². The van der Waals surface area contributed by atoms with Gasteiger partial charge < -0.3 is 52.5 Å². The van der Waals surface area contributed by atoms with Crippen molar-refractivity contribution < 1.29 is 145 Å². The van der Waals surface area contributed by atoms with Crippen molar-refractivity contribution in [3.8, 4) is 0 Å². The SMILES string of the molecule is CC(CCCCC(=N)N)COC([NH-])=O.CC(CCCCN)COC([NH-])=O.CCC(CO[N+](=O)[O-])OO.CCC(CO[N+](=O)[O-])OO.O=[N+]([O-])O.O=[N+]([O-])O.[Y].[Y]. The molecule has 0 bridgehead atoms. The molecule has 0 rings (SSSR count). The molecule has 0 aliphatic carbocycles. The third-order valence-electron chi connectivity index (χ3n) is 5.48. The first-order valence-corrected chi connectivity index (χ1v) is 15.7. The van der Waals surface area contributed by atoms with Gasteiger partial charge in [0.05, 0.1) is 19.0 Å². The molecule has 11 N–H and O–H groups in total. The zero-order chi connectivity index (χ0) is 43.5. The van der Waals surface area contributed by atoms with E-state index in [0.717, 1.165) is 38.5 Å². The molecule has 0 saturated carbocycles. The fourth-order valence-electron chi connectivity index (χ4n) is 2.78. The van der Waals surface area contributed by atoms with Gasteiger partial charge in [-0.2, -0.15) is 0 Å². The maximum atomic E-state index is 10.2. The Labute approximate surface area is 372 Å². The Morgan fingerprint density at radius 3 is 1.21 bits per heavy atom. The number of carbonyl (C=O) groups excluding carboxylic acids is 2. The second-order valence-electron chi connectivity index (χ2n) is 10.2. The van der Waals surface area contributed by atoms with Gasteiger partial charge in [0.25, 0.3) is 20.3 Å². The molecule has 2 radical (unpaired) electrons. The summed E-state index contributed by atoms with van der Waals surface area (Å²) in [5.74, 6) is 0.831. The monoisotopic (exact) mass is 979 g/mol. The summed E-state index contributed by atoms with van der Waals surface area (Å²) in [5, 5.41) is 67.7.